The van der Waals surface area contributed by atoms with Crippen molar-refractivity contribution in [3.8, 4) is 0 Å². The predicted molar refractivity (Wildman–Crippen MR) is 69.1 cm³/mol. The Balaban J connectivity index is 1.83. The minimum Gasteiger partial charge on any atom is -0.344 e. The summed E-state index contributed by atoms with van der Waals surface area (Å²) in [7, 11) is 1.73. The third-order valence-corrected chi connectivity index (χ3v) is 3.08. The van der Waals surface area contributed by atoms with E-state index in [1.807, 2.05) is 0 Å². The van der Waals surface area contributed by atoms with Crippen molar-refractivity contribution in [2.24, 2.45) is 0 Å². The first-order valence-electron chi connectivity index (χ1n) is 6.10. The van der Waals surface area contributed by atoms with E-state index in [1.165, 1.54) is 12.1 Å². The SMILES string of the molecule is CN1CCC(NCC(=O)Nc2ccccc2F)C1=O. The van der Waals surface area contributed by atoms with Crippen LogP contribution in [0, 0.1) is 5.82 Å². The zero-order valence-corrected chi connectivity index (χ0v) is 10.6. The van der Waals surface area contributed by atoms with Gasteiger partial charge in [0.2, 0.25) is 11.8 Å². The van der Waals surface area contributed by atoms with E-state index in [4.69, 9.17) is 0 Å². The van der Waals surface area contributed by atoms with Crippen molar-refractivity contribution in [1.29, 1.82) is 0 Å². The minimum absolute atomic E-state index is 0.0151. The highest BCUT2D eigenvalue weighted by molar-refractivity contribution is 5.93. The second-order valence-electron chi connectivity index (χ2n) is 4.51. The van der Waals surface area contributed by atoms with Gasteiger partial charge in [-0.2, -0.15) is 0 Å². The van der Waals surface area contributed by atoms with Gasteiger partial charge in [0.25, 0.3) is 0 Å². The molecule has 1 saturated heterocycles. The summed E-state index contributed by atoms with van der Waals surface area (Å²) in [6.45, 7) is 0.671. The molecule has 1 aliphatic rings. The number of hydrogen-bond donors (Lipinski definition) is 2. The molecular formula is C13H16FN3O2. The molecule has 0 saturated carbocycles. The van der Waals surface area contributed by atoms with E-state index < -0.39 is 5.82 Å². The number of likely N-dealkylation sites (tertiary alicyclic amines) is 1. The summed E-state index contributed by atoms with van der Waals surface area (Å²) in [5.74, 6) is -0.862. The number of nitrogens with zero attached hydrogens (tertiary/aromatic N) is 1. The van der Waals surface area contributed by atoms with Gasteiger partial charge in [0.1, 0.15) is 5.82 Å². The maximum atomic E-state index is 13.3. The van der Waals surface area contributed by atoms with Crippen molar-refractivity contribution < 1.29 is 14.0 Å². The van der Waals surface area contributed by atoms with Gasteiger partial charge in [0, 0.05) is 13.6 Å². The molecule has 0 aliphatic carbocycles. The largest absolute Gasteiger partial charge is 0.344 e. The van der Waals surface area contributed by atoms with Gasteiger partial charge in [-0.3, -0.25) is 14.9 Å². The van der Waals surface area contributed by atoms with Crippen molar-refractivity contribution >= 4 is 17.5 Å². The van der Waals surface area contributed by atoms with Gasteiger partial charge in [0.15, 0.2) is 0 Å². The van der Waals surface area contributed by atoms with Crippen LogP contribution in [0.3, 0.4) is 0 Å². The monoisotopic (exact) mass is 265 g/mol. The molecule has 1 aromatic carbocycles. The molecule has 19 heavy (non-hydrogen) atoms. The molecule has 1 atom stereocenters. The Morgan fingerprint density at radius 1 is 1.47 bits per heavy atom. The summed E-state index contributed by atoms with van der Waals surface area (Å²) >= 11 is 0. The van der Waals surface area contributed by atoms with Gasteiger partial charge in [0.05, 0.1) is 18.3 Å². The fourth-order valence-corrected chi connectivity index (χ4v) is 1.98. The number of hydrogen-bond acceptors (Lipinski definition) is 3. The van der Waals surface area contributed by atoms with E-state index in [1.54, 1.807) is 24.1 Å². The summed E-state index contributed by atoms with van der Waals surface area (Å²) in [5.41, 5.74) is 0.143. The highest BCUT2D eigenvalue weighted by Gasteiger charge is 2.28. The fraction of sp³-hybridized carbons (Fsp3) is 0.385. The number of anilines is 1. The second kappa shape index (κ2) is 5.79. The molecule has 102 valence electrons. The molecule has 1 aromatic rings. The van der Waals surface area contributed by atoms with Crippen LogP contribution >= 0.6 is 0 Å². The van der Waals surface area contributed by atoms with Gasteiger partial charge in [-0.1, -0.05) is 12.1 Å². The van der Waals surface area contributed by atoms with Crippen LogP contribution in [0.25, 0.3) is 0 Å². The Morgan fingerprint density at radius 2 is 2.21 bits per heavy atom. The number of carbonyl (C=O) groups is 2. The molecule has 1 unspecified atom stereocenters. The van der Waals surface area contributed by atoms with Gasteiger partial charge < -0.3 is 10.2 Å². The second-order valence-corrected chi connectivity index (χ2v) is 4.51. The minimum atomic E-state index is -0.479. The topological polar surface area (TPSA) is 61.4 Å². The Morgan fingerprint density at radius 3 is 2.84 bits per heavy atom. The lowest BCUT2D eigenvalue weighted by molar-refractivity contribution is -0.128. The molecule has 1 aliphatic heterocycles. The summed E-state index contributed by atoms with van der Waals surface area (Å²) in [5, 5.41) is 5.33. The average molecular weight is 265 g/mol. The predicted octanol–water partition coefficient (Wildman–Crippen LogP) is 0.584. The number of rotatable bonds is 4. The first-order chi connectivity index (χ1) is 9.08. The lowest BCUT2D eigenvalue weighted by atomic mass is 10.2. The van der Waals surface area contributed by atoms with Crippen molar-refractivity contribution in [1.82, 2.24) is 10.2 Å². The number of amides is 2. The molecule has 0 spiro atoms. The van der Waals surface area contributed by atoms with Crippen LogP contribution in [0.2, 0.25) is 0 Å². The van der Waals surface area contributed by atoms with Gasteiger partial charge >= 0.3 is 0 Å². The van der Waals surface area contributed by atoms with Crippen LogP contribution < -0.4 is 10.6 Å². The first-order valence-corrected chi connectivity index (χ1v) is 6.10. The third kappa shape index (κ3) is 3.29. The zero-order chi connectivity index (χ0) is 13.8. The molecule has 0 bridgehead atoms. The van der Waals surface area contributed by atoms with Crippen LogP contribution in [0.4, 0.5) is 10.1 Å². The van der Waals surface area contributed by atoms with Crippen molar-refractivity contribution in [3.63, 3.8) is 0 Å². The number of benzene rings is 1. The summed E-state index contributed by atoms with van der Waals surface area (Å²) in [6.07, 6.45) is 0.683. The zero-order valence-electron chi connectivity index (χ0n) is 10.6. The van der Waals surface area contributed by atoms with E-state index >= 15 is 0 Å². The maximum absolute atomic E-state index is 13.3. The van der Waals surface area contributed by atoms with E-state index in [2.05, 4.69) is 10.6 Å². The Hall–Kier alpha value is -1.95. The molecular weight excluding hydrogens is 249 g/mol. The fourth-order valence-electron chi connectivity index (χ4n) is 1.98. The van der Waals surface area contributed by atoms with Crippen LogP contribution in [-0.2, 0) is 9.59 Å². The van der Waals surface area contributed by atoms with Crippen LogP contribution in [0.5, 0.6) is 0 Å². The molecule has 2 amide bonds. The molecule has 6 heteroatoms. The Bertz CT molecular complexity index is 493. The summed E-state index contributed by atoms with van der Waals surface area (Å²) in [4.78, 5) is 24.9. The molecule has 1 fully saturated rings. The molecule has 2 rings (SSSR count). The van der Waals surface area contributed by atoms with Crippen molar-refractivity contribution in [2.75, 3.05) is 25.5 Å². The van der Waals surface area contributed by atoms with Crippen LogP contribution in [0.1, 0.15) is 6.42 Å². The highest BCUT2D eigenvalue weighted by atomic mass is 19.1. The number of carbonyl (C=O) groups excluding carboxylic acids is 2. The quantitative estimate of drug-likeness (QED) is 0.837. The number of para-hydroxylation sites is 1. The molecule has 0 radical (unpaired) electrons. The molecule has 1 heterocycles. The first kappa shape index (κ1) is 13.5. The lowest BCUT2D eigenvalue weighted by Crippen LogP contribution is -2.41. The normalized spacial score (nSPS) is 18.7. The lowest BCUT2D eigenvalue weighted by Gasteiger charge is -2.12. The molecule has 0 aromatic heterocycles. The van der Waals surface area contributed by atoms with Gasteiger partial charge in [-0.05, 0) is 18.6 Å². The van der Waals surface area contributed by atoms with Gasteiger partial charge in [-0.25, -0.2) is 4.39 Å². The molecule has 2 N–H and O–H groups in total. The summed E-state index contributed by atoms with van der Waals surface area (Å²) in [6, 6.07) is 5.63. The number of halogens is 1. The number of likely N-dealkylation sites (N-methyl/N-ethyl adjacent to an activating group) is 1. The van der Waals surface area contributed by atoms with Crippen LogP contribution in [-0.4, -0.2) is 42.9 Å². The third-order valence-electron chi connectivity index (χ3n) is 3.08. The van der Waals surface area contributed by atoms with E-state index in [0.29, 0.717) is 13.0 Å². The summed E-state index contributed by atoms with van der Waals surface area (Å²) < 4.78 is 13.3. The van der Waals surface area contributed by atoms with E-state index in [-0.39, 0.29) is 30.1 Å². The van der Waals surface area contributed by atoms with E-state index in [9.17, 15) is 14.0 Å². The Labute approximate surface area is 110 Å². The molecule has 5 nitrogen and oxygen atoms in total. The standard InChI is InChI=1S/C13H16FN3O2/c1-17-7-6-11(13(17)19)15-8-12(18)16-10-5-3-2-4-9(10)14/h2-5,11,15H,6-8H2,1H3,(H,16,18). The van der Waals surface area contributed by atoms with E-state index in [0.717, 1.165) is 0 Å². The Kier molecular flexibility index (Phi) is 4.11. The smallest absolute Gasteiger partial charge is 0.239 e. The maximum Gasteiger partial charge on any atom is 0.239 e. The van der Waals surface area contributed by atoms with Crippen molar-refractivity contribution in [2.45, 2.75) is 12.5 Å². The van der Waals surface area contributed by atoms with Crippen LogP contribution in [0.15, 0.2) is 24.3 Å². The van der Waals surface area contributed by atoms with Gasteiger partial charge in [-0.15, -0.1) is 0 Å². The number of nitrogens with one attached hydrogen (secondary N) is 2. The van der Waals surface area contributed by atoms with Crippen molar-refractivity contribution in [3.05, 3.63) is 30.1 Å². The average Bonchev–Trinajstić information content (AvgIpc) is 2.70. The highest BCUT2D eigenvalue weighted by Crippen LogP contribution is 2.12.